The number of pyridine rings is 1. The second-order valence-electron chi connectivity index (χ2n) is 8.87. The van der Waals surface area contributed by atoms with Crippen LogP contribution in [0.4, 0.5) is 4.39 Å². The van der Waals surface area contributed by atoms with Crippen molar-refractivity contribution in [2.45, 2.75) is 79.8 Å². The molecule has 2 aromatic rings. The maximum Gasteiger partial charge on any atom is 0.309 e. The highest BCUT2D eigenvalue weighted by molar-refractivity contribution is 5.75. The predicted octanol–water partition coefficient (Wildman–Crippen LogP) is 9.16. The number of halogens is 1. The highest BCUT2D eigenvalue weighted by Crippen LogP contribution is 2.39. The first kappa shape index (κ1) is 35.4. The number of rotatable bonds is 5. The Morgan fingerprint density at radius 2 is 1.69 bits per heavy atom. The largest absolute Gasteiger partial charge is 0.462 e. The Labute approximate surface area is 237 Å². The third-order valence-electron chi connectivity index (χ3n) is 6.83. The first-order valence-electron chi connectivity index (χ1n) is 14.0. The molecule has 39 heavy (non-hydrogen) atoms. The number of carbonyl (C=O) groups is 1. The minimum Gasteiger partial charge on any atom is -0.462 e. The van der Waals surface area contributed by atoms with E-state index in [1.807, 2.05) is 58.9 Å². The molecule has 1 saturated carbocycles. The fraction of sp³-hybridized carbons (Fsp3) is 0.429. The highest BCUT2D eigenvalue weighted by Gasteiger charge is 2.40. The van der Waals surface area contributed by atoms with E-state index in [9.17, 15) is 9.18 Å². The molecule has 1 aromatic carbocycles. The maximum absolute atomic E-state index is 13.4. The molecule has 2 aliphatic rings. The van der Waals surface area contributed by atoms with Gasteiger partial charge in [0, 0.05) is 17.7 Å². The fourth-order valence-corrected chi connectivity index (χ4v) is 4.75. The first-order valence-corrected chi connectivity index (χ1v) is 14.0. The highest BCUT2D eigenvalue weighted by atomic mass is 19.1. The van der Waals surface area contributed by atoms with Gasteiger partial charge in [0.05, 0.1) is 11.6 Å². The standard InChI is InChI=1S/C27H30FNO2.2C2H6.2C2H2/c1-18-19(2)31-27(30)26(18)16-22-8-4-3-7-20(22)9-6-12-25-14-13-23(17-29-25)21-10-5-11-24(28)15-21;4*1-2/h5-6,9-15,17-19,22,26H,3-4,7-8,16H2,1-2H3;2*1-2H3;2*1-2H/b12-6+,20-9+;;;;/t18-,19-,22+,26-;;;;/m1..../s1. The Morgan fingerprint density at radius 1 is 1.00 bits per heavy atom. The number of hydrogen-bond acceptors (Lipinski definition) is 3. The number of carbonyl (C=O) groups excluding carboxylic acids is 1. The van der Waals surface area contributed by atoms with Gasteiger partial charge in [-0.2, -0.15) is 0 Å². The zero-order valence-corrected chi connectivity index (χ0v) is 24.6. The van der Waals surface area contributed by atoms with Gasteiger partial charge in [0.2, 0.25) is 0 Å². The molecule has 0 radical (unpaired) electrons. The molecule has 0 unspecified atom stereocenters. The minimum absolute atomic E-state index is 0.0162. The second-order valence-corrected chi connectivity index (χ2v) is 8.87. The summed E-state index contributed by atoms with van der Waals surface area (Å²) < 4.78 is 18.9. The number of allylic oxidation sites excluding steroid dienone is 3. The number of terminal acetylenes is 2. The van der Waals surface area contributed by atoms with Crippen molar-refractivity contribution in [3.63, 3.8) is 0 Å². The van der Waals surface area contributed by atoms with Gasteiger partial charge in [0.1, 0.15) is 11.9 Å². The van der Waals surface area contributed by atoms with Crippen LogP contribution >= 0.6 is 0 Å². The SMILES string of the molecule is C#C.C#C.CC.CC.C[C@@H]1[C@@H](C)OC(=O)[C@@H]1C[C@@H]1CCCC/C1=C\C=C\c1ccc(-c2cccc(F)c2)cn1. The van der Waals surface area contributed by atoms with E-state index < -0.39 is 0 Å². The van der Waals surface area contributed by atoms with Gasteiger partial charge in [0.15, 0.2) is 0 Å². The smallest absolute Gasteiger partial charge is 0.309 e. The lowest BCUT2D eigenvalue weighted by Gasteiger charge is -2.27. The Bertz CT molecular complexity index is 1060. The monoisotopic (exact) mass is 531 g/mol. The molecule has 1 aliphatic heterocycles. The average molecular weight is 532 g/mol. The van der Waals surface area contributed by atoms with Crippen molar-refractivity contribution < 1.29 is 13.9 Å². The number of esters is 1. The van der Waals surface area contributed by atoms with Crippen molar-refractivity contribution in [2.75, 3.05) is 0 Å². The molecule has 0 amide bonds. The normalized spacial score (nSPS) is 22.4. The van der Waals surface area contributed by atoms with Crippen LogP contribution in [0.15, 0.2) is 60.3 Å². The van der Waals surface area contributed by atoms with E-state index in [1.54, 1.807) is 12.3 Å². The summed E-state index contributed by atoms with van der Waals surface area (Å²) in [6.45, 7) is 12.1. The van der Waals surface area contributed by atoms with Crippen molar-refractivity contribution in [3.8, 4) is 36.8 Å². The van der Waals surface area contributed by atoms with Crippen LogP contribution in [0, 0.1) is 49.3 Å². The number of cyclic esters (lactones) is 1. The molecule has 4 atom stereocenters. The van der Waals surface area contributed by atoms with Crippen LogP contribution < -0.4 is 0 Å². The van der Waals surface area contributed by atoms with Crippen LogP contribution in [0.1, 0.15) is 79.3 Å². The average Bonchev–Trinajstić information content (AvgIpc) is 3.24. The molecular formula is C35H46FNO2. The summed E-state index contributed by atoms with van der Waals surface area (Å²) in [5, 5.41) is 0. The molecule has 210 valence electrons. The third kappa shape index (κ3) is 10.9. The quantitative estimate of drug-likeness (QED) is 0.285. The minimum atomic E-state index is -0.246. The molecule has 4 heteroatoms. The summed E-state index contributed by atoms with van der Waals surface area (Å²) in [6, 6.07) is 10.5. The molecule has 3 nitrogen and oxygen atoms in total. The Balaban J connectivity index is 0.00000166. The van der Waals surface area contributed by atoms with E-state index in [4.69, 9.17) is 4.74 Å². The van der Waals surface area contributed by atoms with Crippen molar-refractivity contribution in [2.24, 2.45) is 17.8 Å². The Kier molecular flexibility index (Phi) is 18.5. The molecule has 1 saturated heterocycles. The van der Waals surface area contributed by atoms with Crippen LogP contribution in [-0.2, 0) is 9.53 Å². The summed E-state index contributed by atoms with van der Waals surface area (Å²) in [6.07, 6.45) is 29.6. The number of nitrogens with zero attached hydrogens (tertiary/aromatic N) is 1. The fourth-order valence-electron chi connectivity index (χ4n) is 4.75. The summed E-state index contributed by atoms with van der Waals surface area (Å²) in [4.78, 5) is 16.7. The van der Waals surface area contributed by atoms with E-state index in [0.29, 0.717) is 5.92 Å². The molecule has 0 bridgehead atoms. The topological polar surface area (TPSA) is 39.2 Å². The predicted molar refractivity (Wildman–Crippen MR) is 164 cm³/mol. The van der Waals surface area contributed by atoms with Crippen molar-refractivity contribution in [1.82, 2.24) is 4.98 Å². The van der Waals surface area contributed by atoms with Crippen molar-refractivity contribution in [1.29, 1.82) is 0 Å². The van der Waals surface area contributed by atoms with Crippen LogP contribution in [0.25, 0.3) is 17.2 Å². The van der Waals surface area contributed by atoms with Crippen LogP contribution in [-0.4, -0.2) is 17.1 Å². The zero-order valence-electron chi connectivity index (χ0n) is 24.6. The molecule has 2 fully saturated rings. The summed E-state index contributed by atoms with van der Waals surface area (Å²) in [5.74, 6) is 0.481. The molecule has 2 heterocycles. The first-order chi connectivity index (χ1) is 19.0. The van der Waals surface area contributed by atoms with Gasteiger partial charge in [-0.05, 0) is 68.4 Å². The van der Waals surface area contributed by atoms with Crippen molar-refractivity contribution in [3.05, 3.63) is 71.8 Å². The molecule has 0 spiro atoms. The maximum atomic E-state index is 13.4. The van der Waals surface area contributed by atoms with Crippen molar-refractivity contribution >= 4 is 12.0 Å². The van der Waals surface area contributed by atoms with Gasteiger partial charge < -0.3 is 4.74 Å². The Hall–Kier alpha value is -3.63. The van der Waals surface area contributed by atoms with E-state index in [2.05, 4.69) is 49.8 Å². The van der Waals surface area contributed by atoms with E-state index in [0.717, 1.165) is 36.1 Å². The Morgan fingerprint density at radius 3 is 2.26 bits per heavy atom. The number of hydrogen-bond donors (Lipinski definition) is 0. The lowest BCUT2D eigenvalue weighted by Crippen LogP contribution is -2.22. The number of ether oxygens (including phenoxy) is 1. The van der Waals surface area contributed by atoms with E-state index in [-0.39, 0.29) is 29.7 Å². The summed E-state index contributed by atoms with van der Waals surface area (Å²) >= 11 is 0. The van der Waals surface area contributed by atoms with Crippen LogP contribution in [0.5, 0.6) is 0 Å². The van der Waals surface area contributed by atoms with Gasteiger partial charge in [-0.15, -0.1) is 25.7 Å². The molecular weight excluding hydrogens is 485 g/mol. The van der Waals surface area contributed by atoms with E-state index in [1.165, 1.54) is 30.5 Å². The third-order valence-corrected chi connectivity index (χ3v) is 6.83. The second kappa shape index (κ2) is 20.3. The molecule has 4 rings (SSSR count). The van der Waals surface area contributed by atoms with Crippen LogP contribution in [0.3, 0.4) is 0 Å². The van der Waals surface area contributed by atoms with Crippen LogP contribution in [0.2, 0.25) is 0 Å². The molecule has 0 N–H and O–H groups in total. The zero-order chi connectivity index (χ0) is 29.8. The number of benzene rings is 1. The summed E-state index contributed by atoms with van der Waals surface area (Å²) in [7, 11) is 0. The van der Waals surface area contributed by atoms with Gasteiger partial charge in [-0.25, -0.2) is 4.39 Å². The van der Waals surface area contributed by atoms with Gasteiger partial charge in [-0.3, -0.25) is 9.78 Å². The van der Waals surface area contributed by atoms with Gasteiger partial charge in [-0.1, -0.05) is 77.0 Å². The molecule has 1 aromatic heterocycles. The summed E-state index contributed by atoms with van der Waals surface area (Å²) in [5.41, 5.74) is 4.02. The van der Waals surface area contributed by atoms with Gasteiger partial charge >= 0.3 is 5.97 Å². The number of aromatic nitrogens is 1. The molecule has 1 aliphatic carbocycles. The lowest BCUT2D eigenvalue weighted by molar-refractivity contribution is -0.144. The van der Waals surface area contributed by atoms with E-state index >= 15 is 0 Å². The van der Waals surface area contributed by atoms with Gasteiger partial charge in [0.25, 0.3) is 0 Å². The lowest BCUT2D eigenvalue weighted by atomic mass is 9.76.